The minimum absolute atomic E-state index is 0.0521. The van der Waals surface area contributed by atoms with Crippen LogP contribution < -0.4 is 0 Å². The fourth-order valence-electron chi connectivity index (χ4n) is 3.24. The monoisotopic (exact) mass is 349 g/mol. The van der Waals surface area contributed by atoms with Crippen LogP contribution in [0.3, 0.4) is 0 Å². The Kier molecular flexibility index (Phi) is 5.84. The normalized spacial score (nSPS) is 16.7. The number of carbonyl (C=O) groups is 2. The van der Waals surface area contributed by atoms with Crippen LogP contribution in [-0.4, -0.2) is 29.9 Å². The maximum absolute atomic E-state index is 12.7. The number of benzene rings is 2. The molecule has 26 heavy (non-hydrogen) atoms. The first-order valence-electron chi connectivity index (χ1n) is 8.97. The van der Waals surface area contributed by atoms with Crippen molar-refractivity contribution in [2.24, 2.45) is 5.92 Å². The Morgan fingerprint density at radius 3 is 2.35 bits per heavy atom. The Balaban J connectivity index is 1.84. The highest BCUT2D eigenvalue weighted by Crippen LogP contribution is 2.28. The lowest BCUT2D eigenvalue weighted by Crippen LogP contribution is -2.35. The first kappa shape index (κ1) is 17.9. The van der Waals surface area contributed by atoms with Gasteiger partial charge in [0.1, 0.15) is 0 Å². The zero-order valence-electron chi connectivity index (χ0n) is 14.9. The molecule has 4 heteroatoms. The van der Waals surface area contributed by atoms with E-state index in [4.69, 9.17) is 4.74 Å². The molecule has 1 heterocycles. The van der Waals surface area contributed by atoms with Crippen LogP contribution in [-0.2, 0) is 16.0 Å². The summed E-state index contributed by atoms with van der Waals surface area (Å²) in [6, 6.07) is 19.2. The van der Waals surface area contributed by atoms with Crippen molar-refractivity contribution in [3.05, 3.63) is 83.6 Å². The smallest absolute Gasteiger partial charge is 0.335 e. The van der Waals surface area contributed by atoms with Gasteiger partial charge >= 0.3 is 5.97 Å². The molecule has 2 aromatic carbocycles. The quantitative estimate of drug-likeness (QED) is 0.771. The second kappa shape index (κ2) is 8.48. The molecule has 1 aliphatic rings. The average molecular weight is 349 g/mol. The van der Waals surface area contributed by atoms with Crippen molar-refractivity contribution in [3.8, 4) is 0 Å². The second-order valence-corrected chi connectivity index (χ2v) is 6.34. The number of hydrogen-bond donors (Lipinski definition) is 0. The van der Waals surface area contributed by atoms with Crippen LogP contribution in [0.15, 0.2) is 72.4 Å². The Morgan fingerprint density at radius 1 is 1.04 bits per heavy atom. The predicted molar refractivity (Wildman–Crippen MR) is 100 cm³/mol. The van der Waals surface area contributed by atoms with Gasteiger partial charge in [0.25, 0.3) is 5.91 Å². The Hall–Kier alpha value is -2.88. The van der Waals surface area contributed by atoms with Crippen LogP contribution in [0.5, 0.6) is 0 Å². The van der Waals surface area contributed by atoms with E-state index in [1.807, 2.05) is 36.4 Å². The summed E-state index contributed by atoms with van der Waals surface area (Å²) >= 11 is 0. The van der Waals surface area contributed by atoms with Gasteiger partial charge in [-0.1, -0.05) is 48.5 Å². The van der Waals surface area contributed by atoms with Crippen LogP contribution in [0, 0.1) is 5.92 Å². The summed E-state index contributed by atoms with van der Waals surface area (Å²) in [5, 5.41) is 0. The fourth-order valence-corrected chi connectivity index (χ4v) is 3.24. The summed E-state index contributed by atoms with van der Waals surface area (Å²) in [5.74, 6) is -0.374. The standard InChI is InChI=1S/C22H23NO3/c1-2-26-22(25)20-16-23(21(24)18-11-7-4-8-12-18)14-13-19(20)15-17-9-5-3-6-10-17/h3-12,16,19H,2,13-15H2,1H3/t19-/m0/s1. The molecular formula is C22H23NO3. The molecule has 4 nitrogen and oxygen atoms in total. The van der Waals surface area contributed by atoms with Crippen molar-refractivity contribution in [1.29, 1.82) is 0 Å². The maximum atomic E-state index is 12.7. The van der Waals surface area contributed by atoms with E-state index in [0.717, 1.165) is 12.8 Å². The van der Waals surface area contributed by atoms with Crippen molar-refractivity contribution >= 4 is 11.9 Å². The van der Waals surface area contributed by atoms with Gasteiger partial charge in [0.2, 0.25) is 0 Å². The summed E-state index contributed by atoms with van der Waals surface area (Å²) in [6.07, 6.45) is 3.18. The molecule has 1 amide bonds. The lowest BCUT2D eigenvalue weighted by molar-refractivity contribution is -0.139. The first-order chi connectivity index (χ1) is 12.7. The highest BCUT2D eigenvalue weighted by Gasteiger charge is 2.30. The van der Waals surface area contributed by atoms with Crippen molar-refractivity contribution in [2.45, 2.75) is 19.8 Å². The molecule has 3 rings (SSSR count). The molecule has 0 fully saturated rings. The molecule has 0 N–H and O–H groups in total. The number of hydrogen-bond acceptors (Lipinski definition) is 3. The third-order valence-corrected chi connectivity index (χ3v) is 4.57. The molecule has 0 spiro atoms. The van der Waals surface area contributed by atoms with Gasteiger partial charge in [-0.25, -0.2) is 4.79 Å². The number of amides is 1. The van der Waals surface area contributed by atoms with E-state index in [1.165, 1.54) is 5.56 Å². The second-order valence-electron chi connectivity index (χ2n) is 6.34. The number of carbonyl (C=O) groups excluding carboxylic acids is 2. The van der Waals surface area contributed by atoms with E-state index in [0.29, 0.717) is 24.3 Å². The van der Waals surface area contributed by atoms with Crippen molar-refractivity contribution < 1.29 is 14.3 Å². The van der Waals surface area contributed by atoms with Crippen molar-refractivity contribution in [2.75, 3.05) is 13.2 Å². The highest BCUT2D eigenvalue weighted by atomic mass is 16.5. The van der Waals surface area contributed by atoms with Crippen molar-refractivity contribution in [3.63, 3.8) is 0 Å². The van der Waals surface area contributed by atoms with Crippen LogP contribution in [0.4, 0.5) is 0 Å². The van der Waals surface area contributed by atoms with Crippen LogP contribution in [0.2, 0.25) is 0 Å². The molecular weight excluding hydrogens is 326 g/mol. The fraction of sp³-hybridized carbons (Fsp3) is 0.273. The Morgan fingerprint density at radius 2 is 1.69 bits per heavy atom. The predicted octanol–water partition coefficient (Wildman–Crippen LogP) is 3.84. The molecule has 0 saturated carbocycles. The summed E-state index contributed by atoms with van der Waals surface area (Å²) in [5.41, 5.74) is 2.37. The molecule has 2 aromatic rings. The molecule has 1 atom stereocenters. The molecule has 0 unspecified atom stereocenters. The Labute approximate surface area is 154 Å². The van der Waals surface area contributed by atoms with Gasteiger partial charge in [-0.15, -0.1) is 0 Å². The lowest BCUT2D eigenvalue weighted by atomic mass is 9.87. The highest BCUT2D eigenvalue weighted by molar-refractivity contribution is 5.96. The zero-order chi connectivity index (χ0) is 18.4. The molecule has 0 saturated heterocycles. The largest absolute Gasteiger partial charge is 0.463 e. The van der Waals surface area contributed by atoms with Gasteiger partial charge in [-0.3, -0.25) is 4.79 Å². The van der Waals surface area contributed by atoms with E-state index >= 15 is 0 Å². The average Bonchev–Trinajstić information content (AvgIpc) is 2.69. The molecule has 134 valence electrons. The van der Waals surface area contributed by atoms with E-state index in [1.54, 1.807) is 30.2 Å². The third kappa shape index (κ3) is 4.20. The van der Waals surface area contributed by atoms with Gasteiger partial charge in [0.15, 0.2) is 0 Å². The topological polar surface area (TPSA) is 46.6 Å². The summed E-state index contributed by atoms with van der Waals surface area (Å²) in [4.78, 5) is 26.8. The van der Waals surface area contributed by atoms with Crippen LogP contribution >= 0.6 is 0 Å². The molecule has 1 aliphatic heterocycles. The summed E-state index contributed by atoms with van der Waals surface area (Å²) < 4.78 is 5.24. The molecule has 0 radical (unpaired) electrons. The molecule has 0 aromatic heterocycles. The van der Waals surface area contributed by atoms with E-state index < -0.39 is 0 Å². The minimum atomic E-state index is -0.334. The van der Waals surface area contributed by atoms with Gasteiger partial charge in [-0.05, 0) is 43.4 Å². The Bertz CT molecular complexity index is 784. The lowest BCUT2D eigenvalue weighted by Gasteiger charge is -2.30. The van der Waals surface area contributed by atoms with Gasteiger partial charge in [-0.2, -0.15) is 0 Å². The summed E-state index contributed by atoms with van der Waals surface area (Å²) in [7, 11) is 0. The SMILES string of the molecule is CCOC(=O)C1=CN(C(=O)c2ccccc2)CC[C@H]1Cc1ccccc1. The molecule has 0 bridgehead atoms. The first-order valence-corrected chi connectivity index (χ1v) is 8.97. The third-order valence-electron chi connectivity index (χ3n) is 4.57. The summed E-state index contributed by atoms with van der Waals surface area (Å²) in [6.45, 7) is 2.70. The van der Waals surface area contributed by atoms with Crippen molar-refractivity contribution in [1.82, 2.24) is 4.90 Å². The van der Waals surface area contributed by atoms with Crippen LogP contribution in [0.1, 0.15) is 29.3 Å². The van der Waals surface area contributed by atoms with Crippen LogP contribution in [0.25, 0.3) is 0 Å². The zero-order valence-corrected chi connectivity index (χ0v) is 14.9. The van der Waals surface area contributed by atoms with Gasteiger partial charge < -0.3 is 9.64 Å². The number of nitrogens with zero attached hydrogens (tertiary/aromatic N) is 1. The number of rotatable bonds is 5. The van der Waals surface area contributed by atoms with E-state index in [9.17, 15) is 9.59 Å². The molecule has 0 aliphatic carbocycles. The van der Waals surface area contributed by atoms with Gasteiger partial charge in [0, 0.05) is 18.3 Å². The van der Waals surface area contributed by atoms with E-state index in [2.05, 4.69) is 12.1 Å². The number of esters is 1. The van der Waals surface area contributed by atoms with E-state index in [-0.39, 0.29) is 17.8 Å². The number of ether oxygens (including phenoxy) is 1. The minimum Gasteiger partial charge on any atom is -0.463 e. The van der Waals surface area contributed by atoms with Gasteiger partial charge in [0.05, 0.1) is 12.2 Å². The maximum Gasteiger partial charge on any atom is 0.335 e.